The van der Waals surface area contributed by atoms with Crippen molar-refractivity contribution in [2.24, 2.45) is 0 Å². The highest BCUT2D eigenvalue weighted by atomic mass is 16.6. The predicted octanol–water partition coefficient (Wildman–Crippen LogP) is 2.73. The van der Waals surface area contributed by atoms with Crippen molar-refractivity contribution in [3.8, 4) is 5.75 Å². The predicted molar refractivity (Wildman–Crippen MR) is 114 cm³/mol. The number of nitrogens with zero attached hydrogens (tertiary/aromatic N) is 4. The van der Waals surface area contributed by atoms with Gasteiger partial charge < -0.3 is 10.1 Å². The molecule has 164 valence electrons. The van der Waals surface area contributed by atoms with E-state index in [1.54, 1.807) is 24.3 Å². The minimum Gasteiger partial charge on any atom is -0.497 e. The zero-order chi connectivity index (χ0) is 23.1. The van der Waals surface area contributed by atoms with Crippen molar-refractivity contribution in [1.29, 1.82) is 0 Å². The van der Waals surface area contributed by atoms with Gasteiger partial charge in [-0.3, -0.25) is 35.9 Å². The van der Waals surface area contributed by atoms with E-state index in [9.17, 15) is 25.0 Å². The number of non-ortho nitro benzene ring substituents is 1. The number of methoxy groups -OCH3 is 1. The summed E-state index contributed by atoms with van der Waals surface area (Å²) in [5.41, 5.74) is 5.19. The van der Waals surface area contributed by atoms with E-state index in [2.05, 4.69) is 26.1 Å². The Hall–Kier alpha value is -4.81. The average molecular weight is 439 g/mol. The molecule has 0 aliphatic rings. The van der Waals surface area contributed by atoms with Gasteiger partial charge in [-0.2, -0.15) is 0 Å². The summed E-state index contributed by atoms with van der Waals surface area (Å²) in [7, 11) is 1.49. The van der Waals surface area contributed by atoms with Crippen LogP contribution in [0.3, 0.4) is 0 Å². The van der Waals surface area contributed by atoms with Crippen LogP contribution >= 0.6 is 0 Å². The minimum atomic E-state index is -0.687. The molecule has 1 aromatic heterocycles. The van der Waals surface area contributed by atoms with E-state index in [4.69, 9.17) is 4.74 Å². The molecule has 13 heteroatoms. The SMILES string of the molecule is COc1cccc(Nc2ncnc(NNC(=O)Cc3ccc([N+](=O)[O-])cc3)c2[N+](=O)[O-])c1. The largest absolute Gasteiger partial charge is 0.497 e. The summed E-state index contributed by atoms with van der Waals surface area (Å²) in [6.07, 6.45) is 0.985. The molecule has 0 bridgehead atoms. The summed E-state index contributed by atoms with van der Waals surface area (Å²) in [5.74, 6) is -0.310. The Morgan fingerprint density at radius 1 is 1.03 bits per heavy atom. The number of carbonyl (C=O) groups is 1. The Morgan fingerprint density at radius 2 is 1.75 bits per heavy atom. The second-order valence-corrected chi connectivity index (χ2v) is 6.31. The Morgan fingerprint density at radius 3 is 2.41 bits per heavy atom. The quantitative estimate of drug-likeness (QED) is 0.332. The second-order valence-electron chi connectivity index (χ2n) is 6.31. The van der Waals surface area contributed by atoms with Crippen LogP contribution in [0.15, 0.2) is 54.9 Å². The van der Waals surface area contributed by atoms with E-state index in [0.29, 0.717) is 17.0 Å². The normalized spacial score (nSPS) is 10.2. The summed E-state index contributed by atoms with van der Waals surface area (Å²) in [4.78, 5) is 41.0. The number of nitro groups is 2. The molecule has 0 atom stereocenters. The number of aromatic nitrogens is 2. The smallest absolute Gasteiger partial charge is 0.355 e. The standard InChI is InChI=1S/C19H17N7O6/c1-32-15-4-2-3-13(10-15)22-18-17(26(30)31)19(21-11-20-18)24-23-16(27)9-12-5-7-14(8-6-12)25(28)29/h2-8,10-11H,9H2,1H3,(H,23,27)(H2,20,21,22,24). The number of anilines is 3. The summed E-state index contributed by atoms with van der Waals surface area (Å²) in [6.45, 7) is 0. The first kappa shape index (κ1) is 21.9. The molecule has 3 N–H and O–H groups in total. The number of nitrogens with one attached hydrogen (secondary N) is 3. The molecule has 1 amide bonds. The van der Waals surface area contributed by atoms with E-state index in [0.717, 1.165) is 6.33 Å². The third kappa shape index (κ3) is 5.41. The number of hydrogen-bond acceptors (Lipinski definition) is 10. The molecule has 3 rings (SSSR count). The van der Waals surface area contributed by atoms with Gasteiger partial charge in [-0.05, 0) is 17.7 Å². The molecule has 1 heterocycles. The molecule has 0 aliphatic carbocycles. The van der Waals surface area contributed by atoms with E-state index in [-0.39, 0.29) is 23.7 Å². The number of hydrogen-bond donors (Lipinski definition) is 3. The average Bonchev–Trinajstić information content (AvgIpc) is 2.78. The number of benzene rings is 2. The molecule has 0 radical (unpaired) electrons. The van der Waals surface area contributed by atoms with Crippen LogP contribution in [-0.4, -0.2) is 32.8 Å². The number of hydrazine groups is 1. The third-order valence-corrected chi connectivity index (χ3v) is 4.17. The molecule has 0 saturated carbocycles. The fourth-order valence-electron chi connectivity index (χ4n) is 2.67. The molecular weight excluding hydrogens is 422 g/mol. The highest BCUT2D eigenvalue weighted by Gasteiger charge is 2.23. The Balaban J connectivity index is 1.71. The van der Waals surface area contributed by atoms with Crippen LogP contribution < -0.4 is 20.9 Å². The van der Waals surface area contributed by atoms with Gasteiger partial charge in [0.15, 0.2) is 0 Å². The first-order valence-electron chi connectivity index (χ1n) is 9.06. The Bertz CT molecular complexity index is 1150. The first-order chi connectivity index (χ1) is 15.4. The lowest BCUT2D eigenvalue weighted by molar-refractivity contribution is -0.384. The van der Waals surface area contributed by atoms with Gasteiger partial charge >= 0.3 is 5.69 Å². The number of carbonyl (C=O) groups excluding carboxylic acids is 1. The lowest BCUT2D eigenvalue weighted by Gasteiger charge is -2.11. The van der Waals surface area contributed by atoms with Gasteiger partial charge in [0, 0.05) is 23.9 Å². The van der Waals surface area contributed by atoms with Gasteiger partial charge in [-0.15, -0.1) is 0 Å². The second kappa shape index (κ2) is 9.80. The van der Waals surface area contributed by atoms with Crippen LogP contribution in [0.2, 0.25) is 0 Å². The number of ether oxygens (including phenoxy) is 1. The lowest BCUT2D eigenvalue weighted by atomic mass is 10.1. The maximum atomic E-state index is 12.2. The Labute approximate surface area is 180 Å². The highest BCUT2D eigenvalue weighted by Crippen LogP contribution is 2.31. The maximum Gasteiger partial charge on any atom is 0.355 e. The van der Waals surface area contributed by atoms with Crippen molar-refractivity contribution in [3.63, 3.8) is 0 Å². The molecule has 2 aromatic carbocycles. The third-order valence-electron chi connectivity index (χ3n) is 4.17. The molecule has 13 nitrogen and oxygen atoms in total. The minimum absolute atomic E-state index is 0.0922. The zero-order valence-electron chi connectivity index (χ0n) is 16.6. The van der Waals surface area contributed by atoms with Gasteiger partial charge in [0.25, 0.3) is 5.69 Å². The fourth-order valence-corrected chi connectivity index (χ4v) is 2.67. The van der Waals surface area contributed by atoms with Gasteiger partial charge in [0.05, 0.1) is 23.4 Å². The van der Waals surface area contributed by atoms with Crippen molar-refractivity contribution in [3.05, 3.63) is 80.7 Å². The van der Waals surface area contributed by atoms with E-state index >= 15 is 0 Å². The van der Waals surface area contributed by atoms with Crippen LogP contribution in [-0.2, 0) is 11.2 Å². The van der Waals surface area contributed by atoms with Gasteiger partial charge in [0.2, 0.25) is 17.5 Å². The molecular formula is C19H17N7O6. The number of nitro benzene ring substituents is 1. The molecule has 0 fully saturated rings. The highest BCUT2D eigenvalue weighted by molar-refractivity contribution is 5.81. The summed E-state index contributed by atoms with van der Waals surface area (Å²) >= 11 is 0. The maximum absolute atomic E-state index is 12.2. The molecule has 0 spiro atoms. The van der Waals surface area contributed by atoms with Crippen LogP contribution in [0.4, 0.5) is 28.7 Å². The summed E-state index contributed by atoms with van der Waals surface area (Å²) < 4.78 is 5.13. The van der Waals surface area contributed by atoms with Gasteiger partial charge in [-0.1, -0.05) is 18.2 Å². The van der Waals surface area contributed by atoms with Crippen LogP contribution in [0.5, 0.6) is 5.75 Å². The monoisotopic (exact) mass is 439 g/mol. The molecule has 32 heavy (non-hydrogen) atoms. The van der Waals surface area contributed by atoms with E-state index in [1.807, 2.05) is 0 Å². The van der Waals surface area contributed by atoms with Crippen molar-refractivity contribution < 1.29 is 19.4 Å². The Kier molecular flexibility index (Phi) is 6.70. The van der Waals surface area contributed by atoms with Gasteiger partial charge in [-0.25, -0.2) is 9.97 Å². The summed E-state index contributed by atoms with van der Waals surface area (Å²) in [6, 6.07) is 12.2. The van der Waals surface area contributed by atoms with Crippen molar-refractivity contribution >= 4 is 34.6 Å². The topological polar surface area (TPSA) is 174 Å². The summed E-state index contributed by atoms with van der Waals surface area (Å²) in [5, 5.41) is 25.2. The molecule has 0 unspecified atom stereocenters. The first-order valence-corrected chi connectivity index (χ1v) is 9.06. The van der Waals surface area contributed by atoms with Crippen LogP contribution in [0.1, 0.15) is 5.56 Å². The fraction of sp³-hybridized carbons (Fsp3) is 0.105. The van der Waals surface area contributed by atoms with Crippen LogP contribution in [0.25, 0.3) is 0 Å². The van der Waals surface area contributed by atoms with Crippen molar-refractivity contribution in [1.82, 2.24) is 15.4 Å². The van der Waals surface area contributed by atoms with Crippen LogP contribution in [0, 0.1) is 20.2 Å². The van der Waals surface area contributed by atoms with Crippen molar-refractivity contribution in [2.45, 2.75) is 6.42 Å². The van der Waals surface area contributed by atoms with E-state index < -0.39 is 21.4 Å². The molecule has 0 aliphatic heterocycles. The molecule has 3 aromatic rings. The molecule has 0 saturated heterocycles. The zero-order valence-corrected chi connectivity index (χ0v) is 16.6. The number of amides is 1. The van der Waals surface area contributed by atoms with Gasteiger partial charge in [0.1, 0.15) is 12.1 Å². The number of rotatable bonds is 9. The van der Waals surface area contributed by atoms with Crippen molar-refractivity contribution in [2.75, 3.05) is 17.9 Å². The lowest BCUT2D eigenvalue weighted by Crippen LogP contribution is -2.31. The van der Waals surface area contributed by atoms with E-state index in [1.165, 1.54) is 31.4 Å².